The number of pyridine rings is 1. The van der Waals surface area contributed by atoms with Gasteiger partial charge in [0.1, 0.15) is 12.1 Å². The highest BCUT2D eigenvalue weighted by Gasteiger charge is 2.31. The quantitative estimate of drug-likeness (QED) is 0.342. The molecule has 37 heavy (non-hydrogen) atoms. The molecule has 1 N–H and O–H groups in total. The van der Waals surface area contributed by atoms with Crippen LogP contribution in [0.4, 0.5) is 5.82 Å². The number of halogens is 1. The zero-order valence-electron chi connectivity index (χ0n) is 21.2. The summed E-state index contributed by atoms with van der Waals surface area (Å²) < 4.78 is 1.86. The fourth-order valence-corrected chi connectivity index (χ4v) is 5.15. The second-order valence-electron chi connectivity index (χ2n) is 10.2. The topological polar surface area (TPSA) is 75.9 Å². The molecule has 0 bridgehead atoms. The summed E-state index contributed by atoms with van der Waals surface area (Å²) in [5.41, 5.74) is 6.50. The van der Waals surface area contributed by atoms with E-state index in [1.807, 2.05) is 54.9 Å². The average Bonchev–Trinajstić information content (AvgIpc) is 3.53. The number of nitrogens with one attached hydrogen (secondary N) is 1. The van der Waals surface area contributed by atoms with Crippen molar-refractivity contribution in [3.8, 4) is 22.5 Å². The van der Waals surface area contributed by atoms with Crippen LogP contribution in [0.2, 0.25) is 5.02 Å². The van der Waals surface area contributed by atoms with Gasteiger partial charge in [0, 0.05) is 34.9 Å². The van der Waals surface area contributed by atoms with Gasteiger partial charge in [-0.3, -0.25) is 9.69 Å². The number of benzene rings is 2. The fourth-order valence-electron chi connectivity index (χ4n) is 4.98. The smallest absolute Gasteiger partial charge is 0.260 e. The fraction of sp³-hybridized carbons (Fsp3) is 0.310. The summed E-state index contributed by atoms with van der Waals surface area (Å²) in [7, 11) is 1.90. The molecule has 0 spiro atoms. The molecule has 1 aliphatic heterocycles. The molecular weight excluding hydrogens is 484 g/mol. The maximum Gasteiger partial charge on any atom is 0.260 e. The molecule has 3 heterocycles. The molecule has 7 nitrogen and oxygen atoms in total. The van der Waals surface area contributed by atoms with Gasteiger partial charge in [-0.2, -0.15) is 0 Å². The second kappa shape index (κ2) is 9.39. The summed E-state index contributed by atoms with van der Waals surface area (Å²) in [5, 5.41) is 12.5. The lowest BCUT2D eigenvalue weighted by atomic mass is 9.96. The summed E-state index contributed by atoms with van der Waals surface area (Å²) in [4.78, 5) is 20.2. The predicted molar refractivity (Wildman–Crippen MR) is 146 cm³/mol. The van der Waals surface area contributed by atoms with Gasteiger partial charge in [0.25, 0.3) is 5.91 Å². The highest BCUT2D eigenvalue weighted by atomic mass is 35.5. The standard InChI is InChI=1S/C29H29ClN6O/c1-17-10-22(18(2)31-14-19-4-5-19)12-27(33-17)36-15-21-7-6-20(11-25(21)29(36)37)24-9-8-23(30)13-26(24)28-34-32-16-35(28)3/h6-13,16,18-19,31H,4-5,14-15H2,1-3H3. The Labute approximate surface area is 221 Å². The Morgan fingerprint density at radius 1 is 1.08 bits per heavy atom. The molecule has 4 aromatic rings. The lowest BCUT2D eigenvalue weighted by Gasteiger charge is -2.20. The van der Waals surface area contributed by atoms with Gasteiger partial charge in [-0.05, 0) is 91.7 Å². The van der Waals surface area contributed by atoms with E-state index in [-0.39, 0.29) is 11.9 Å². The van der Waals surface area contributed by atoms with E-state index in [1.165, 1.54) is 12.8 Å². The van der Waals surface area contributed by atoms with Crippen molar-refractivity contribution in [1.82, 2.24) is 25.1 Å². The van der Waals surface area contributed by atoms with Gasteiger partial charge in [-0.1, -0.05) is 29.8 Å². The number of fused-ring (bicyclic) bond motifs is 1. The van der Waals surface area contributed by atoms with Crippen LogP contribution in [0.3, 0.4) is 0 Å². The molecule has 1 atom stereocenters. The monoisotopic (exact) mass is 512 g/mol. The molecule has 2 aliphatic rings. The lowest BCUT2D eigenvalue weighted by Crippen LogP contribution is -2.26. The van der Waals surface area contributed by atoms with Gasteiger partial charge in [-0.15, -0.1) is 10.2 Å². The number of aromatic nitrogens is 4. The van der Waals surface area contributed by atoms with Crippen molar-refractivity contribution < 1.29 is 4.79 Å². The molecule has 1 fully saturated rings. The largest absolute Gasteiger partial charge is 0.317 e. The molecule has 6 rings (SSSR count). The first-order valence-corrected chi connectivity index (χ1v) is 13.1. The number of hydrogen-bond donors (Lipinski definition) is 1. The van der Waals surface area contributed by atoms with Crippen LogP contribution in [0.15, 0.2) is 54.9 Å². The average molecular weight is 513 g/mol. The van der Waals surface area contributed by atoms with Crippen LogP contribution in [0.25, 0.3) is 22.5 Å². The van der Waals surface area contributed by atoms with E-state index in [4.69, 9.17) is 16.6 Å². The molecule has 2 aromatic carbocycles. The third kappa shape index (κ3) is 4.65. The van der Waals surface area contributed by atoms with Gasteiger partial charge in [0.2, 0.25) is 0 Å². The Morgan fingerprint density at radius 3 is 2.68 bits per heavy atom. The van der Waals surface area contributed by atoms with Crippen molar-refractivity contribution in [2.75, 3.05) is 11.4 Å². The summed E-state index contributed by atoms with van der Waals surface area (Å²) in [6.07, 6.45) is 4.30. The normalized spacial score (nSPS) is 15.8. The van der Waals surface area contributed by atoms with Crippen molar-refractivity contribution in [1.29, 1.82) is 0 Å². The van der Waals surface area contributed by atoms with E-state index in [1.54, 1.807) is 11.2 Å². The van der Waals surface area contributed by atoms with Crippen LogP contribution in [-0.4, -0.2) is 32.2 Å². The number of amides is 1. The summed E-state index contributed by atoms with van der Waals surface area (Å²) in [5.74, 6) is 2.19. The zero-order chi connectivity index (χ0) is 25.7. The number of nitrogens with zero attached hydrogens (tertiary/aromatic N) is 5. The third-order valence-corrected chi connectivity index (χ3v) is 7.54. The molecule has 1 amide bonds. The first-order chi connectivity index (χ1) is 17.9. The maximum atomic E-state index is 13.6. The molecular formula is C29H29ClN6O. The van der Waals surface area contributed by atoms with Gasteiger partial charge >= 0.3 is 0 Å². The van der Waals surface area contributed by atoms with Crippen molar-refractivity contribution in [2.24, 2.45) is 13.0 Å². The molecule has 1 aliphatic carbocycles. The highest BCUT2D eigenvalue weighted by Crippen LogP contribution is 2.37. The Balaban J connectivity index is 1.31. The number of anilines is 1. The Hall–Kier alpha value is -3.55. The van der Waals surface area contributed by atoms with Crippen LogP contribution in [0.1, 0.15) is 53.0 Å². The first kappa shape index (κ1) is 23.8. The molecule has 188 valence electrons. The SMILES string of the molecule is Cc1cc(C(C)NCC2CC2)cc(N2Cc3ccc(-c4ccc(Cl)cc4-c4nncn4C)cc3C2=O)n1. The van der Waals surface area contributed by atoms with E-state index in [0.717, 1.165) is 46.0 Å². The summed E-state index contributed by atoms with van der Waals surface area (Å²) in [6.45, 7) is 5.70. The third-order valence-electron chi connectivity index (χ3n) is 7.31. The molecule has 1 saturated carbocycles. The van der Waals surface area contributed by atoms with Crippen molar-refractivity contribution in [3.63, 3.8) is 0 Å². The minimum Gasteiger partial charge on any atom is -0.317 e. The number of carbonyl (C=O) groups is 1. The maximum absolute atomic E-state index is 13.6. The molecule has 8 heteroatoms. The number of carbonyl (C=O) groups excluding carboxylic acids is 1. The van der Waals surface area contributed by atoms with E-state index in [9.17, 15) is 4.79 Å². The Kier molecular flexibility index (Phi) is 6.05. The first-order valence-electron chi connectivity index (χ1n) is 12.7. The molecule has 0 saturated heterocycles. The Morgan fingerprint density at radius 2 is 1.92 bits per heavy atom. The van der Waals surface area contributed by atoms with Crippen LogP contribution in [-0.2, 0) is 13.6 Å². The zero-order valence-corrected chi connectivity index (χ0v) is 22.0. The molecule has 0 radical (unpaired) electrons. The minimum absolute atomic E-state index is 0.0336. The van der Waals surface area contributed by atoms with Crippen LogP contribution in [0.5, 0.6) is 0 Å². The Bertz CT molecular complexity index is 1510. The second-order valence-corrected chi connectivity index (χ2v) is 10.6. The van der Waals surface area contributed by atoms with Gasteiger partial charge < -0.3 is 9.88 Å². The van der Waals surface area contributed by atoms with Crippen molar-refractivity contribution in [3.05, 3.63) is 82.3 Å². The van der Waals surface area contributed by atoms with Crippen LogP contribution < -0.4 is 10.2 Å². The molecule has 2 aromatic heterocycles. The predicted octanol–water partition coefficient (Wildman–Crippen LogP) is 5.73. The van der Waals surface area contributed by atoms with Crippen molar-refractivity contribution >= 4 is 23.3 Å². The van der Waals surface area contributed by atoms with Gasteiger partial charge in [0.15, 0.2) is 5.82 Å². The summed E-state index contributed by atoms with van der Waals surface area (Å²) in [6, 6.07) is 16.1. The number of aryl methyl sites for hydroxylation is 2. The van der Waals surface area contributed by atoms with E-state index >= 15 is 0 Å². The van der Waals surface area contributed by atoms with Crippen LogP contribution in [0, 0.1) is 12.8 Å². The minimum atomic E-state index is -0.0336. The number of hydrogen-bond acceptors (Lipinski definition) is 5. The number of rotatable bonds is 7. The lowest BCUT2D eigenvalue weighted by molar-refractivity contribution is 0.0996. The molecule has 1 unspecified atom stereocenters. The van der Waals surface area contributed by atoms with Crippen molar-refractivity contribution in [2.45, 2.75) is 39.3 Å². The van der Waals surface area contributed by atoms with Gasteiger partial charge in [0.05, 0.1) is 6.54 Å². The summed E-state index contributed by atoms with van der Waals surface area (Å²) >= 11 is 6.33. The van der Waals surface area contributed by atoms with Gasteiger partial charge in [-0.25, -0.2) is 4.98 Å². The van der Waals surface area contributed by atoms with E-state index in [0.29, 0.717) is 28.8 Å². The van der Waals surface area contributed by atoms with Crippen LogP contribution >= 0.6 is 11.6 Å². The highest BCUT2D eigenvalue weighted by molar-refractivity contribution is 6.31. The van der Waals surface area contributed by atoms with E-state index < -0.39 is 0 Å². The van der Waals surface area contributed by atoms with E-state index in [2.05, 4.69) is 34.6 Å².